The molecule has 1 aliphatic heterocycles. The molecule has 1 amide bonds. The highest BCUT2D eigenvalue weighted by atomic mass is 35.5. The van der Waals surface area contributed by atoms with Crippen molar-refractivity contribution in [2.45, 2.75) is 36.5 Å². The Kier molecular flexibility index (Phi) is 8.01. The molecule has 1 atom stereocenters. The van der Waals surface area contributed by atoms with Gasteiger partial charge >= 0.3 is 0 Å². The maximum atomic E-state index is 12.7. The summed E-state index contributed by atoms with van der Waals surface area (Å²) < 4.78 is 0. The van der Waals surface area contributed by atoms with E-state index in [1.807, 2.05) is 23.1 Å². The first-order valence-corrected chi connectivity index (χ1v) is 9.93. The zero-order valence-corrected chi connectivity index (χ0v) is 16.8. The first kappa shape index (κ1) is 20.8. The van der Waals surface area contributed by atoms with Crippen LogP contribution in [0.15, 0.2) is 59.5 Å². The van der Waals surface area contributed by atoms with Crippen molar-refractivity contribution < 1.29 is 4.79 Å². The second-order valence-corrected chi connectivity index (χ2v) is 7.84. The number of carbonyl (C=O) groups is 1. The number of hydrogen-bond acceptors (Lipinski definition) is 3. The number of benzene rings is 2. The highest BCUT2D eigenvalue weighted by molar-refractivity contribution is 7.98. The normalized spacial score (nSPS) is 16.0. The van der Waals surface area contributed by atoms with E-state index >= 15 is 0 Å². The fourth-order valence-electron chi connectivity index (χ4n) is 3.25. The molecule has 5 heteroatoms. The quantitative estimate of drug-likeness (QED) is 0.759. The van der Waals surface area contributed by atoms with Gasteiger partial charge in [-0.2, -0.15) is 0 Å². The summed E-state index contributed by atoms with van der Waals surface area (Å²) in [7, 11) is 0. The molecule has 3 rings (SSSR count). The number of likely N-dealkylation sites (tertiary alicyclic amines) is 1. The number of nitrogens with zero attached hydrogens (tertiary/aromatic N) is 1. The molecule has 1 unspecified atom stereocenters. The van der Waals surface area contributed by atoms with Crippen LogP contribution in [0.3, 0.4) is 0 Å². The summed E-state index contributed by atoms with van der Waals surface area (Å²) in [5.41, 5.74) is 8.07. The third-order valence-electron chi connectivity index (χ3n) is 4.92. The lowest BCUT2D eigenvalue weighted by molar-refractivity contribution is 0.0681. The maximum Gasteiger partial charge on any atom is 0.253 e. The smallest absolute Gasteiger partial charge is 0.253 e. The monoisotopic (exact) mass is 390 g/mol. The van der Waals surface area contributed by atoms with Crippen molar-refractivity contribution in [3.05, 3.63) is 65.7 Å². The van der Waals surface area contributed by atoms with Crippen LogP contribution in [0.25, 0.3) is 0 Å². The van der Waals surface area contributed by atoms with Crippen molar-refractivity contribution in [1.82, 2.24) is 4.90 Å². The summed E-state index contributed by atoms with van der Waals surface area (Å²) in [5, 5.41) is 0. The van der Waals surface area contributed by atoms with Gasteiger partial charge < -0.3 is 10.6 Å². The zero-order valence-electron chi connectivity index (χ0n) is 15.1. The van der Waals surface area contributed by atoms with Gasteiger partial charge in [-0.05, 0) is 55.5 Å². The molecule has 1 aliphatic rings. The summed E-state index contributed by atoms with van der Waals surface area (Å²) in [6.45, 7) is 3.69. The molecule has 0 spiro atoms. The number of rotatable bonds is 5. The molecule has 0 saturated carbocycles. The maximum absolute atomic E-state index is 12.7. The molecule has 0 aromatic heterocycles. The standard InChI is InChI=1S/C21H26N2OS.ClH/c1-16(22)18-11-13-23(14-12-18)21(24)19-7-9-20(10-8-19)25-15-17-5-3-2-4-6-17;/h2-10,16,18H,11-15,22H2,1H3;1H. The van der Waals surface area contributed by atoms with E-state index < -0.39 is 0 Å². The number of amides is 1. The Morgan fingerprint density at radius 1 is 1.12 bits per heavy atom. The predicted octanol–water partition coefficient (Wildman–Crippen LogP) is 4.60. The number of piperidine rings is 1. The number of thioether (sulfide) groups is 1. The molecule has 1 fully saturated rings. The number of carbonyl (C=O) groups excluding carboxylic acids is 1. The van der Waals surface area contributed by atoms with Crippen LogP contribution in [0, 0.1) is 5.92 Å². The minimum atomic E-state index is 0. The van der Waals surface area contributed by atoms with Crippen LogP contribution >= 0.6 is 24.2 Å². The van der Waals surface area contributed by atoms with Gasteiger partial charge in [-0.25, -0.2) is 0 Å². The lowest BCUT2D eigenvalue weighted by Crippen LogP contribution is -2.42. The van der Waals surface area contributed by atoms with Crippen molar-refractivity contribution in [2.24, 2.45) is 11.7 Å². The summed E-state index contributed by atoms with van der Waals surface area (Å²) >= 11 is 1.79. The molecule has 1 heterocycles. The van der Waals surface area contributed by atoms with Gasteiger partial charge in [-0.3, -0.25) is 4.79 Å². The van der Waals surface area contributed by atoms with E-state index in [-0.39, 0.29) is 24.4 Å². The van der Waals surface area contributed by atoms with Gasteiger partial charge in [0, 0.05) is 35.3 Å². The fourth-order valence-corrected chi connectivity index (χ4v) is 4.10. The van der Waals surface area contributed by atoms with E-state index in [0.29, 0.717) is 5.92 Å². The molecule has 1 saturated heterocycles. The highest BCUT2D eigenvalue weighted by Gasteiger charge is 2.25. The van der Waals surface area contributed by atoms with Crippen LogP contribution in [-0.2, 0) is 5.75 Å². The summed E-state index contributed by atoms with van der Waals surface area (Å²) in [4.78, 5) is 15.8. The summed E-state index contributed by atoms with van der Waals surface area (Å²) in [6, 6.07) is 18.7. The van der Waals surface area contributed by atoms with Gasteiger partial charge in [0.1, 0.15) is 0 Å². The van der Waals surface area contributed by atoms with E-state index in [9.17, 15) is 4.79 Å². The molecule has 2 N–H and O–H groups in total. The average Bonchev–Trinajstić information content (AvgIpc) is 2.67. The third-order valence-corrected chi connectivity index (χ3v) is 6.00. The minimum absolute atomic E-state index is 0. The van der Waals surface area contributed by atoms with Crippen LogP contribution in [0.4, 0.5) is 0 Å². The Balaban J connectivity index is 0.00000243. The second-order valence-electron chi connectivity index (χ2n) is 6.79. The van der Waals surface area contributed by atoms with Crippen LogP contribution in [0.2, 0.25) is 0 Å². The van der Waals surface area contributed by atoms with E-state index in [4.69, 9.17) is 5.73 Å². The number of nitrogens with two attached hydrogens (primary N) is 1. The first-order chi connectivity index (χ1) is 12.1. The van der Waals surface area contributed by atoms with Crippen LogP contribution < -0.4 is 5.73 Å². The summed E-state index contributed by atoms with van der Waals surface area (Å²) in [5.74, 6) is 1.63. The third kappa shape index (κ3) is 5.50. The highest BCUT2D eigenvalue weighted by Crippen LogP contribution is 2.25. The molecule has 0 bridgehead atoms. The lowest BCUT2D eigenvalue weighted by atomic mass is 9.90. The number of hydrogen-bond donors (Lipinski definition) is 1. The molecular weight excluding hydrogens is 364 g/mol. The van der Waals surface area contributed by atoms with E-state index in [2.05, 4.69) is 43.3 Å². The first-order valence-electron chi connectivity index (χ1n) is 8.95. The van der Waals surface area contributed by atoms with Crippen molar-refractivity contribution in [1.29, 1.82) is 0 Å². The largest absolute Gasteiger partial charge is 0.339 e. The SMILES string of the molecule is CC(N)C1CCN(C(=O)c2ccc(SCc3ccccc3)cc2)CC1.Cl. The molecule has 0 aliphatic carbocycles. The molecule has 140 valence electrons. The van der Waals surface area contributed by atoms with Crippen molar-refractivity contribution >= 4 is 30.1 Å². The molecule has 2 aromatic carbocycles. The second kappa shape index (κ2) is 10.0. The van der Waals surface area contributed by atoms with Gasteiger partial charge in [-0.1, -0.05) is 30.3 Å². The molecular formula is C21H27ClN2OS. The van der Waals surface area contributed by atoms with Gasteiger partial charge in [0.25, 0.3) is 5.91 Å². The minimum Gasteiger partial charge on any atom is -0.339 e. The zero-order chi connectivity index (χ0) is 17.6. The lowest BCUT2D eigenvalue weighted by Gasteiger charge is -2.33. The van der Waals surface area contributed by atoms with Crippen LogP contribution in [0.1, 0.15) is 35.7 Å². The molecule has 3 nitrogen and oxygen atoms in total. The van der Waals surface area contributed by atoms with Crippen LogP contribution in [-0.4, -0.2) is 29.9 Å². The van der Waals surface area contributed by atoms with Crippen molar-refractivity contribution in [3.63, 3.8) is 0 Å². The van der Waals surface area contributed by atoms with Gasteiger partial charge in [0.05, 0.1) is 0 Å². The van der Waals surface area contributed by atoms with Gasteiger partial charge in [-0.15, -0.1) is 24.2 Å². The predicted molar refractivity (Wildman–Crippen MR) is 112 cm³/mol. The van der Waals surface area contributed by atoms with Crippen LogP contribution in [0.5, 0.6) is 0 Å². The number of halogens is 1. The molecule has 26 heavy (non-hydrogen) atoms. The Morgan fingerprint density at radius 2 is 1.73 bits per heavy atom. The Labute approximate surface area is 166 Å². The van der Waals surface area contributed by atoms with Crippen molar-refractivity contribution in [3.8, 4) is 0 Å². The Bertz CT molecular complexity index is 683. The Morgan fingerprint density at radius 3 is 2.31 bits per heavy atom. The molecule has 0 radical (unpaired) electrons. The average molecular weight is 391 g/mol. The van der Waals surface area contributed by atoms with E-state index in [0.717, 1.165) is 37.2 Å². The van der Waals surface area contributed by atoms with Gasteiger partial charge in [0.15, 0.2) is 0 Å². The van der Waals surface area contributed by atoms with Crippen molar-refractivity contribution in [2.75, 3.05) is 13.1 Å². The fraction of sp³-hybridized carbons (Fsp3) is 0.381. The van der Waals surface area contributed by atoms with E-state index in [1.165, 1.54) is 10.5 Å². The topological polar surface area (TPSA) is 46.3 Å². The molecule has 2 aromatic rings. The van der Waals surface area contributed by atoms with E-state index in [1.54, 1.807) is 11.8 Å². The Hall–Kier alpha value is -1.49. The summed E-state index contributed by atoms with van der Waals surface area (Å²) in [6.07, 6.45) is 2.02. The van der Waals surface area contributed by atoms with Gasteiger partial charge in [0.2, 0.25) is 0 Å².